The van der Waals surface area contributed by atoms with Crippen molar-refractivity contribution in [3.8, 4) is 0 Å². The third kappa shape index (κ3) is 2.05. The summed E-state index contributed by atoms with van der Waals surface area (Å²) in [4.78, 5) is 10.9. The lowest BCUT2D eigenvalue weighted by molar-refractivity contribution is 1.08. The van der Waals surface area contributed by atoms with Crippen LogP contribution in [0.5, 0.6) is 0 Å². The van der Waals surface area contributed by atoms with Crippen LogP contribution >= 0.6 is 27.9 Å². The highest BCUT2D eigenvalue weighted by Gasteiger charge is 2.05. The van der Waals surface area contributed by atoms with Gasteiger partial charge in [0, 0.05) is 11.8 Å². The first-order valence-corrected chi connectivity index (χ1v) is 3.53. The van der Waals surface area contributed by atoms with Gasteiger partial charge in [-0.25, -0.2) is 0 Å². The van der Waals surface area contributed by atoms with E-state index >= 15 is 0 Å². The summed E-state index contributed by atoms with van der Waals surface area (Å²) in [5, 5.41) is 0. The Morgan fingerprint density at radius 3 is 2.00 bits per heavy atom. The molecule has 0 unspecified atom stereocenters. The van der Waals surface area contributed by atoms with Crippen molar-refractivity contribution in [3.05, 3.63) is 0 Å². The van der Waals surface area contributed by atoms with Crippen molar-refractivity contribution in [2.75, 3.05) is 14.9 Å². The van der Waals surface area contributed by atoms with Crippen LogP contribution in [0.1, 0.15) is 0 Å². The molecule has 60 valence electrons. The number of anilines is 3. The zero-order valence-electron chi connectivity index (χ0n) is 5.20. The highest BCUT2D eigenvalue weighted by Crippen LogP contribution is 2.15. The van der Waals surface area contributed by atoms with Crippen molar-refractivity contribution >= 4 is 45.8 Å². The fourth-order valence-electron chi connectivity index (χ4n) is 0.473. The molecule has 1 rings (SSSR count). The summed E-state index contributed by atoms with van der Waals surface area (Å²) in [5.41, 5.74) is 10.5. The molecule has 0 aliphatic rings. The van der Waals surface area contributed by atoms with Gasteiger partial charge in [0.15, 0.2) is 0 Å². The second-order valence-electron chi connectivity index (χ2n) is 1.58. The standard InChI is InChI=1S/C3H4BrClN6/c4-11(5)3-9-1(6)8-2(7)10-3/h(H4,6,7,8,9,10). The van der Waals surface area contributed by atoms with E-state index in [-0.39, 0.29) is 17.8 Å². The third-order valence-electron chi connectivity index (χ3n) is 0.809. The lowest BCUT2D eigenvalue weighted by atomic mass is 10.8. The fourth-order valence-corrected chi connectivity index (χ4v) is 0.707. The van der Waals surface area contributed by atoms with Gasteiger partial charge in [-0.1, -0.05) is 0 Å². The van der Waals surface area contributed by atoms with Crippen LogP contribution in [-0.4, -0.2) is 15.0 Å². The SMILES string of the molecule is Nc1nc(N)nc(N(Cl)Br)n1. The maximum atomic E-state index is 5.43. The van der Waals surface area contributed by atoms with Crippen LogP contribution < -0.4 is 14.9 Å². The van der Waals surface area contributed by atoms with E-state index in [1.165, 1.54) is 0 Å². The highest BCUT2D eigenvalue weighted by molar-refractivity contribution is 9.10. The van der Waals surface area contributed by atoms with Crippen molar-refractivity contribution in [1.82, 2.24) is 15.0 Å². The zero-order valence-corrected chi connectivity index (χ0v) is 7.54. The number of hydrogen-bond donors (Lipinski definition) is 2. The van der Waals surface area contributed by atoms with E-state index in [0.717, 1.165) is 3.45 Å². The van der Waals surface area contributed by atoms with Crippen LogP contribution in [0.4, 0.5) is 17.8 Å². The molecule has 0 saturated carbocycles. The first-order valence-electron chi connectivity index (χ1n) is 2.48. The number of nitrogens with two attached hydrogens (primary N) is 2. The topological polar surface area (TPSA) is 93.9 Å². The molecule has 0 aromatic carbocycles. The average molecular weight is 239 g/mol. The van der Waals surface area contributed by atoms with E-state index in [2.05, 4.69) is 31.1 Å². The van der Waals surface area contributed by atoms with E-state index in [9.17, 15) is 0 Å². The van der Waals surface area contributed by atoms with Crippen molar-refractivity contribution in [1.29, 1.82) is 0 Å². The quantitative estimate of drug-likeness (QED) is 0.685. The van der Waals surface area contributed by atoms with E-state index in [4.69, 9.17) is 23.2 Å². The molecule has 0 saturated heterocycles. The molecule has 6 nitrogen and oxygen atoms in total. The molecule has 1 aromatic rings. The van der Waals surface area contributed by atoms with Gasteiger partial charge in [0.05, 0.1) is 16.1 Å². The fraction of sp³-hybridized carbons (Fsp3) is 0. The van der Waals surface area contributed by atoms with Crippen LogP contribution in [0.15, 0.2) is 0 Å². The normalized spacial score (nSPS) is 9.64. The molecule has 0 spiro atoms. The van der Waals surface area contributed by atoms with Crippen molar-refractivity contribution in [2.24, 2.45) is 0 Å². The summed E-state index contributed by atoms with van der Waals surface area (Å²) in [6.45, 7) is 0. The van der Waals surface area contributed by atoms with Gasteiger partial charge in [-0.15, -0.1) is 0 Å². The molecule has 1 aromatic heterocycles. The first kappa shape index (κ1) is 8.28. The molecule has 0 aliphatic carbocycles. The van der Waals surface area contributed by atoms with E-state index in [1.54, 1.807) is 0 Å². The Hall–Kier alpha value is -0.820. The molecule has 0 bridgehead atoms. The molecule has 0 amide bonds. The Bertz CT molecular complexity index is 244. The molecular weight excluding hydrogens is 235 g/mol. The highest BCUT2D eigenvalue weighted by atomic mass is 79.9. The monoisotopic (exact) mass is 238 g/mol. The predicted octanol–water partition coefficient (Wildman–Crippen LogP) is 0.306. The number of halogens is 2. The summed E-state index contributed by atoms with van der Waals surface area (Å²) in [7, 11) is 0. The minimum absolute atomic E-state index is 0.0256. The van der Waals surface area contributed by atoms with E-state index < -0.39 is 0 Å². The molecular formula is C3H4BrClN6. The molecule has 0 radical (unpaired) electrons. The maximum absolute atomic E-state index is 5.43. The van der Waals surface area contributed by atoms with Crippen LogP contribution in [0.25, 0.3) is 0 Å². The van der Waals surface area contributed by atoms with Crippen molar-refractivity contribution in [2.45, 2.75) is 0 Å². The van der Waals surface area contributed by atoms with Gasteiger partial charge in [0.1, 0.15) is 0 Å². The van der Waals surface area contributed by atoms with Crippen LogP contribution in [0.2, 0.25) is 0 Å². The summed E-state index contributed by atoms with van der Waals surface area (Å²) in [6.07, 6.45) is 0. The molecule has 8 heteroatoms. The Morgan fingerprint density at radius 2 is 1.64 bits per heavy atom. The second-order valence-corrected chi connectivity index (χ2v) is 3.04. The van der Waals surface area contributed by atoms with Gasteiger partial charge in [-0.3, -0.25) is 0 Å². The molecule has 4 N–H and O–H groups in total. The van der Waals surface area contributed by atoms with Gasteiger partial charge in [0.25, 0.3) is 5.95 Å². The van der Waals surface area contributed by atoms with Gasteiger partial charge < -0.3 is 11.5 Å². The number of rotatable bonds is 1. The smallest absolute Gasteiger partial charge is 0.257 e. The third-order valence-corrected chi connectivity index (χ3v) is 1.28. The van der Waals surface area contributed by atoms with Crippen molar-refractivity contribution in [3.63, 3.8) is 0 Å². The van der Waals surface area contributed by atoms with Crippen molar-refractivity contribution < 1.29 is 0 Å². The van der Waals surface area contributed by atoms with Gasteiger partial charge >= 0.3 is 0 Å². The van der Waals surface area contributed by atoms with Gasteiger partial charge in [0.2, 0.25) is 11.9 Å². The lowest BCUT2D eigenvalue weighted by Crippen LogP contribution is -2.07. The Morgan fingerprint density at radius 1 is 1.18 bits per heavy atom. The Balaban J connectivity index is 3.08. The Labute approximate surface area is 76.0 Å². The maximum Gasteiger partial charge on any atom is 0.257 e. The van der Waals surface area contributed by atoms with Crippen LogP contribution in [-0.2, 0) is 0 Å². The molecule has 0 atom stereocenters. The first-order chi connectivity index (χ1) is 5.09. The lowest BCUT2D eigenvalue weighted by Gasteiger charge is -2.03. The number of nitrogen functional groups attached to an aromatic ring is 2. The average Bonchev–Trinajstić information content (AvgIpc) is 1.85. The second kappa shape index (κ2) is 3.05. The Kier molecular flexibility index (Phi) is 2.30. The minimum Gasteiger partial charge on any atom is -0.368 e. The summed E-state index contributed by atoms with van der Waals surface area (Å²) < 4.78 is 0.988. The van der Waals surface area contributed by atoms with Crippen LogP contribution in [0.3, 0.4) is 0 Å². The molecule has 0 fully saturated rings. The zero-order chi connectivity index (χ0) is 8.43. The van der Waals surface area contributed by atoms with Crippen LogP contribution in [0, 0.1) is 0 Å². The summed E-state index contributed by atoms with van der Waals surface area (Å²) in [5.74, 6) is 0.201. The van der Waals surface area contributed by atoms with Gasteiger partial charge in [-0.05, 0) is 0 Å². The van der Waals surface area contributed by atoms with Gasteiger partial charge in [-0.2, -0.15) is 18.4 Å². The predicted molar refractivity (Wildman–Crippen MR) is 45.9 cm³/mol. The number of aromatic nitrogens is 3. The molecule has 0 aliphatic heterocycles. The summed E-state index contributed by atoms with van der Waals surface area (Å²) >= 11 is 8.32. The molecule has 11 heavy (non-hydrogen) atoms. The molecule has 1 heterocycles. The van der Waals surface area contributed by atoms with E-state index in [0.29, 0.717) is 0 Å². The largest absolute Gasteiger partial charge is 0.368 e. The summed E-state index contributed by atoms with van der Waals surface area (Å²) in [6, 6.07) is 0. The number of nitrogens with zero attached hydrogens (tertiary/aromatic N) is 4. The number of hydrogen-bond acceptors (Lipinski definition) is 6. The van der Waals surface area contributed by atoms with E-state index in [1.807, 2.05) is 0 Å². The minimum atomic E-state index is 0.0256.